The number of benzene rings is 2. The maximum absolute atomic E-state index is 5.75. The summed E-state index contributed by atoms with van der Waals surface area (Å²) >= 11 is 0. The largest absolute Gasteiger partial charge is 0.497 e. The van der Waals surface area contributed by atoms with Gasteiger partial charge in [-0.2, -0.15) is 0 Å². The van der Waals surface area contributed by atoms with E-state index in [-0.39, 0.29) is 0 Å². The Morgan fingerprint density at radius 3 is 2.55 bits per heavy atom. The number of rotatable bonds is 4. The van der Waals surface area contributed by atoms with Crippen LogP contribution >= 0.6 is 0 Å². The zero-order valence-corrected chi connectivity index (χ0v) is 11.4. The lowest BCUT2D eigenvalue weighted by Gasteiger charge is -2.07. The zero-order valence-electron chi connectivity index (χ0n) is 11.4. The van der Waals surface area contributed by atoms with E-state index in [0.29, 0.717) is 13.2 Å². The Hall–Kier alpha value is -2.44. The van der Waals surface area contributed by atoms with E-state index in [2.05, 4.69) is 11.8 Å². The summed E-state index contributed by atoms with van der Waals surface area (Å²) in [5.41, 5.74) is 7.35. The molecule has 0 aliphatic carbocycles. The average molecular weight is 267 g/mol. The van der Waals surface area contributed by atoms with E-state index in [0.717, 1.165) is 22.6 Å². The van der Waals surface area contributed by atoms with Gasteiger partial charge in [-0.3, -0.25) is 0 Å². The lowest BCUT2D eigenvalue weighted by Crippen LogP contribution is -1.96. The summed E-state index contributed by atoms with van der Waals surface area (Å²) < 4.78 is 10.9. The lowest BCUT2D eigenvalue weighted by molar-refractivity contribution is 0.306. The molecular formula is C17H17NO2. The SMILES string of the molecule is COc1ccc(COc2cccc(C#CCN)c2)cc1. The first kappa shape index (κ1) is 14.0. The normalized spacial score (nSPS) is 9.50. The topological polar surface area (TPSA) is 44.5 Å². The van der Waals surface area contributed by atoms with Gasteiger partial charge in [0.05, 0.1) is 13.7 Å². The average Bonchev–Trinajstić information content (AvgIpc) is 2.52. The van der Waals surface area contributed by atoms with E-state index >= 15 is 0 Å². The van der Waals surface area contributed by atoms with Crippen LogP contribution in [-0.2, 0) is 6.61 Å². The van der Waals surface area contributed by atoms with Gasteiger partial charge in [0.2, 0.25) is 0 Å². The van der Waals surface area contributed by atoms with Gasteiger partial charge in [0.15, 0.2) is 0 Å². The van der Waals surface area contributed by atoms with Crippen molar-refractivity contribution in [3.8, 4) is 23.3 Å². The van der Waals surface area contributed by atoms with Crippen molar-refractivity contribution in [1.82, 2.24) is 0 Å². The Morgan fingerprint density at radius 1 is 1.05 bits per heavy atom. The van der Waals surface area contributed by atoms with Crippen LogP contribution in [0.25, 0.3) is 0 Å². The molecule has 2 aromatic carbocycles. The zero-order chi connectivity index (χ0) is 14.2. The molecule has 0 saturated heterocycles. The summed E-state index contributed by atoms with van der Waals surface area (Å²) in [5.74, 6) is 7.45. The van der Waals surface area contributed by atoms with Crippen molar-refractivity contribution in [2.45, 2.75) is 6.61 Å². The van der Waals surface area contributed by atoms with Crippen LogP contribution in [0.15, 0.2) is 48.5 Å². The molecule has 0 aliphatic rings. The van der Waals surface area contributed by atoms with Gasteiger partial charge < -0.3 is 15.2 Å². The quantitative estimate of drug-likeness (QED) is 0.866. The number of hydrogen-bond donors (Lipinski definition) is 1. The number of hydrogen-bond acceptors (Lipinski definition) is 3. The molecule has 0 aliphatic heterocycles. The molecule has 2 N–H and O–H groups in total. The van der Waals surface area contributed by atoms with Crippen LogP contribution in [-0.4, -0.2) is 13.7 Å². The Labute approximate surface area is 119 Å². The van der Waals surface area contributed by atoms with Gasteiger partial charge in [-0.25, -0.2) is 0 Å². The Bertz CT molecular complexity index is 609. The van der Waals surface area contributed by atoms with Crippen molar-refractivity contribution in [2.24, 2.45) is 5.73 Å². The summed E-state index contributed by atoms with van der Waals surface area (Å²) in [4.78, 5) is 0. The third-order valence-electron chi connectivity index (χ3n) is 2.73. The summed E-state index contributed by atoms with van der Waals surface area (Å²) in [5, 5.41) is 0. The predicted octanol–water partition coefficient (Wildman–Crippen LogP) is 2.58. The van der Waals surface area contributed by atoms with Crippen LogP contribution < -0.4 is 15.2 Å². The highest BCUT2D eigenvalue weighted by Crippen LogP contribution is 2.16. The molecule has 3 nitrogen and oxygen atoms in total. The third-order valence-corrected chi connectivity index (χ3v) is 2.73. The van der Waals surface area contributed by atoms with Gasteiger partial charge >= 0.3 is 0 Å². The van der Waals surface area contributed by atoms with E-state index in [1.54, 1.807) is 7.11 Å². The van der Waals surface area contributed by atoms with Crippen LogP contribution in [0.3, 0.4) is 0 Å². The number of ether oxygens (including phenoxy) is 2. The molecule has 2 aromatic rings. The Morgan fingerprint density at radius 2 is 1.85 bits per heavy atom. The molecule has 0 fully saturated rings. The minimum Gasteiger partial charge on any atom is -0.497 e. The van der Waals surface area contributed by atoms with Gasteiger partial charge in [0.25, 0.3) is 0 Å². The molecule has 3 heteroatoms. The fourth-order valence-electron chi connectivity index (χ4n) is 1.71. The first-order valence-electron chi connectivity index (χ1n) is 6.36. The van der Waals surface area contributed by atoms with Crippen molar-refractivity contribution in [3.63, 3.8) is 0 Å². The summed E-state index contributed by atoms with van der Waals surface area (Å²) in [7, 11) is 1.65. The third kappa shape index (κ3) is 4.04. The molecule has 0 atom stereocenters. The monoisotopic (exact) mass is 267 g/mol. The molecular weight excluding hydrogens is 250 g/mol. The minimum atomic E-state index is 0.358. The second kappa shape index (κ2) is 7.22. The fourth-order valence-corrected chi connectivity index (χ4v) is 1.71. The molecule has 20 heavy (non-hydrogen) atoms. The second-order valence-electron chi connectivity index (χ2n) is 4.17. The first-order chi connectivity index (χ1) is 9.81. The van der Waals surface area contributed by atoms with Crippen molar-refractivity contribution in [1.29, 1.82) is 0 Å². The molecule has 2 rings (SSSR count). The smallest absolute Gasteiger partial charge is 0.121 e. The van der Waals surface area contributed by atoms with Crippen molar-refractivity contribution < 1.29 is 9.47 Å². The maximum atomic E-state index is 5.75. The molecule has 0 amide bonds. The highest BCUT2D eigenvalue weighted by atomic mass is 16.5. The fraction of sp³-hybridized carbons (Fsp3) is 0.176. The van der Waals surface area contributed by atoms with E-state index < -0.39 is 0 Å². The second-order valence-corrected chi connectivity index (χ2v) is 4.17. The molecule has 0 aromatic heterocycles. The van der Waals surface area contributed by atoms with Crippen molar-refractivity contribution in [2.75, 3.05) is 13.7 Å². The van der Waals surface area contributed by atoms with Gasteiger partial charge in [-0.05, 0) is 35.9 Å². The minimum absolute atomic E-state index is 0.358. The number of methoxy groups -OCH3 is 1. The van der Waals surface area contributed by atoms with E-state index in [9.17, 15) is 0 Å². The Balaban J connectivity index is 1.99. The molecule has 0 radical (unpaired) electrons. The van der Waals surface area contributed by atoms with Crippen LogP contribution in [0.5, 0.6) is 11.5 Å². The molecule has 0 bridgehead atoms. The molecule has 0 heterocycles. The highest BCUT2D eigenvalue weighted by Gasteiger charge is 1.98. The van der Waals surface area contributed by atoms with Crippen molar-refractivity contribution >= 4 is 0 Å². The standard InChI is InChI=1S/C17H17NO2/c1-19-16-9-7-15(8-10-16)13-20-17-6-2-4-14(12-17)5-3-11-18/h2,4,6-10,12H,11,13,18H2,1H3. The first-order valence-corrected chi connectivity index (χ1v) is 6.36. The van der Waals surface area contributed by atoms with Crippen LogP contribution in [0.1, 0.15) is 11.1 Å². The van der Waals surface area contributed by atoms with Crippen molar-refractivity contribution in [3.05, 3.63) is 59.7 Å². The van der Waals surface area contributed by atoms with E-state index in [1.165, 1.54) is 0 Å². The van der Waals surface area contributed by atoms with Gasteiger partial charge in [0.1, 0.15) is 18.1 Å². The number of nitrogens with two attached hydrogens (primary N) is 1. The van der Waals surface area contributed by atoms with Crippen LogP contribution in [0.4, 0.5) is 0 Å². The van der Waals surface area contributed by atoms with Gasteiger partial charge in [-0.1, -0.05) is 30.0 Å². The predicted molar refractivity (Wildman–Crippen MR) is 79.7 cm³/mol. The van der Waals surface area contributed by atoms with E-state index in [1.807, 2.05) is 48.5 Å². The van der Waals surface area contributed by atoms with Crippen LogP contribution in [0.2, 0.25) is 0 Å². The van der Waals surface area contributed by atoms with E-state index in [4.69, 9.17) is 15.2 Å². The Kier molecular flexibility index (Phi) is 5.05. The highest BCUT2D eigenvalue weighted by molar-refractivity contribution is 5.40. The summed E-state index contributed by atoms with van der Waals surface area (Å²) in [6.45, 7) is 0.870. The van der Waals surface area contributed by atoms with Gasteiger partial charge in [-0.15, -0.1) is 0 Å². The molecule has 0 saturated carbocycles. The summed E-state index contributed by atoms with van der Waals surface area (Å²) in [6, 6.07) is 15.5. The molecule has 102 valence electrons. The van der Waals surface area contributed by atoms with Crippen LogP contribution in [0, 0.1) is 11.8 Å². The maximum Gasteiger partial charge on any atom is 0.121 e. The summed E-state index contributed by atoms with van der Waals surface area (Å²) in [6.07, 6.45) is 0. The molecule has 0 unspecified atom stereocenters. The lowest BCUT2D eigenvalue weighted by atomic mass is 10.2. The van der Waals surface area contributed by atoms with Gasteiger partial charge in [0, 0.05) is 5.56 Å². The molecule has 0 spiro atoms.